The van der Waals surface area contributed by atoms with E-state index in [1.54, 1.807) is 28.3 Å². The van der Waals surface area contributed by atoms with Crippen molar-refractivity contribution in [2.24, 2.45) is 0 Å². The Balaban J connectivity index is 1.63. The van der Waals surface area contributed by atoms with Crippen LogP contribution in [0, 0.1) is 0 Å². The molecule has 2 aromatic heterocycles. The lowest BCUT2D eigenvalue weighted by Gasteiger charge is -2.14. The summed E-state index contributed by atoms with van der Waals surface area (Å²) >= 11 is 1.40. The van der Waals surface area contributed by atoms with Gasteiger partial charge in [0.15, 0.2) is 16.3 Å². The lowest BCUT2D eigenvalue weighted by atomic mass is 10.1. The van der Waals surface area contributed by atoms with Gasteiger partial charge in [0.25, 0.3) is 10.0 Å². The van der Waals surface area contributed by atoms with E-state index in [-0.39, 0.29) is 22.2 Å². The van der Waals surface area contributed by atoms with Crippen LogP contribution in [0.5, 0.6) is 17.2 Å². The molecular formula is C23H25N5O6S2. The Morgan fingerprint density at radius 3 is 2.50 bits per heavy atom. The number of nitrogens with one attached hydrogen (secondary N) is 2. The van der Waals surface area contributed by atoms with Crippen LogP contribution < -0.4 is 23.7 Å². The molecule has 2 heterocycles. The molecule has 11 nitrogen and oxygen atoms in total. The molecule has 0 fully saturated rings. The molecule has 0 atom stereocenters. The van der Waals surface area contributed by atoms with Crippen molar-refractivity contribution in [1.82, 2.24) is 19.7 Å². The molecule has 4 rings (SSSR count). The number of sulfonamides is 1. The molecule has 13 heteroatoms. The second kappa shape index (κ2) is 10.9. The number of rotatable bonds is 12. The van der Waals surface area contributed by atoms with Gasteiger partial charge in [-0.05, 0) is 41.3 Å². The molecule has 0 aliphatic carbocycles. The van der Waals surface area contributed by atoms with Gasteiger partial charge in [0.05, 0.1) is 40.1 Å². The zero-order chi connectivity index (χ0) is 25.7. The fourth-order valence-electron chi connectivity index (χ4n) is 3.62. The van der Waals surface area contributed by atoms with Crippen LogP contribution in [0.1, 0.15) is 11.3 Å². The van der Waals surface area contributed by atoms with Crippen molar-refractivity contribution in [3.63, 3.8) is 0 Å². The van der Waals surface area contributed by atoms with Gasteiger partial charge in [-0.15, -0.1) is 0 Å². The first-order valence-corrected chi connectivity index (χ1v) is 13.0. The molecule has 0 saturated heterocycles. The molecule has 190 valence electrons. The standard InChI is InChI=1S/C23H25N5O6S2/c1-5-35-24-13-16-9-10-28(25-16)14-15-11-19(33-4)21-20(12-15)34-26-23(21)27-36(29,30)22-17(31-2)7-6-8-18(22)32-3/h5-12,24H,1,13-14H2,2-4H3,(H,26,27). The molecule has 0 aliphatic rings. The number of hydrogen-bond acceptors (Lipinski definition) is 10. The third kappa shape index (κ3) is 5.27. The molecule has 2 aromatic carbocycles. The summed E-state index contributed by atoms with van der Waals surface area (Å²) in [6, 6.07) is 10.2. The number of hydrogen-bond donors (Lipinski definition) is 2. The highest BCUT2D eigenvalue weighted by atomic mass is 32.2. The first-order chi connectivity index (χ1) is 17.4. The fourth-order valence-corrected chi connectivity index (χ4v) is 5.30. The van der Waals surface area contributed by atoms with Gasteiger partial charge in [0.2, 0.25) is 0 Å². The summed E-state index contributed by atoms with van der Waals surface area (Å²) in [6.07, 6.45) is 1.87. The van der Waals surface area contributed by atoms with Gasteiger partial charge in [-0.1, -0.05) is 29.7 Å². The number of ether oxygens (including phenoxy) is 3. The van der Waals surface area contributed by atoms with Crippen molar-refractivity contribution in [2.45, 2.75) is 18.0 Å². The SMILES string of the molecule is C=CSNCc1ccn(Cc2cc(OC)c3c(NS(=O)(=O)c4c(OC)cccc4OC)noc3c2)n1. The van der Waals surface area contributed by atoms with Crippen LogP contribution in [0.3, 0.4) is 0 Å². The van der Waals surface area contributed by atoms with Crippen LogP contribution in [-0.2, 0) is 23.1 Å². The van der Waals surface area contributed by atoms with E-state index in [4.69, 9.17) is 18.7 Å². The second-order valence-corrected chi connectivity index (χ2v) is 9.89. The largest absolute Gasteiger partial charge is 0.496 e. The molecule has 0 saturated carbocycles. The third-order valence-corrected chi connectivity index (χ3v) is 7.04. The Morgan fingerprint density at radius 1 is 1.11 bits per heavy atom. The molecular weight excluding hydrogens is 506 g/mol. The second-order valence-electron chi connectivity index (χ2n) is 7.41. The van der Waals surface area contributed by atoms with Crippen LogP contribution >= 0.6 is 11.9 Å². The minimum atomic E-state index is -4.16. The van der Waals surface area contributed by atoms with E-state index >= 15 is 0 Å². The maximum Gasteiger partial charge on any atom is 0.270 e. The average molecular weight is 532 g/mol. The smallest absolute Gasteiger partial charge is 0.270 e. The molecule has 0 unspecified atom stereocenters. The number of fused-ring (bicyclic) bond motifs is 1. The van der Waals surface area contributed by atoms with Gasteiger partial charge < -0.3 is 18.7 Å². The monoisotopic (exact) mass is 531 g/mol. The first-order valence-electron chi connectivity index (χ1n) is 10.6. The van der Waals surface area contributed by atoms with Gasteiger partial charge in [-0.2, -0.15) is 5.10 Å². The summed E-state index contributed by atoms with van der Waals surface area (Å²) in [7, 11) is 0.0876. The van der Waals surface area contributed by atoms with E-state index < -0.39 is 10.0 Å². The summed E-state index contributed by atoms with van der Waals surface area (Å²) in [6.45, 7) is 4.68. The van der Waals surface area contributed by atoms with E-state index in [1.807, 2.05) is 12.3 Å². The number of benzene rings is 2. The van der Waals surface area contributed by atoms with Gasteiger partial charge >= 0.3 is 0 Å². The average Bonchev–Trinajstić information content (AvgIpc) is 3.49. The number of nitrogens with zero attached hydrogens (tertiary/aromatic N) is 3. The van der Waals surface area contributed by atoms with E-state index in [1.165, 1.54) is 45.4 Å². The van der Waals surface area contributed by atoms with Crippen molar-refractivity contribution in [3.8, 4) is 17.2 Å². The molecule has 4 aromatic rings. The molecule has 0 aliphatic heterocycles. The van der Waals surface area contributed by atoms with Crippen LogP contribution in [-0.4, -0.2) is 44.7 Å². The van der Waals surface area contributed by atoms with E-state index in [0.29, 0.717) is 29.8 Å². The predicted molar refractivity (Wildman–Crippen MR) is 137 cm³/mol. The molecule has 36 heavy (non-hydrogen) atoms. The quantitative estimate of drug-likeness (QED) is 0.206. The lowest BCUT2D eigenvalue weighted by molar-refractivity contribution is 0.373. The highest BCUT2D eigenvalue weighted by Gasteiger charge is 2.28. The van der Waals surface area contributed by atoms with Crippen LogP contribution in [0.25, 0.3) is 11.0 Å². The van der Waals surface area contributed by atoms with Crippen molar-refractivity contribution in [1.29, 1.82) is 0 Å². The van der Waals surface area contributed by atoms with Crippen molar-refractivity contribution in [2.75, 3.05) is 26.1 Å². The Morgan fingerprint density at radius 2 is 1.83 bits per heavy atom. The maximum atomic E-state index is 13.3. The molecule has 0 amide bonds. The highest BCUT2D eigenvalue weighted by Crippen LogP contribution is 2.38. The predicted octanol–water partition coefficient (Wildman–Crippen LogP) is 3.78. The first kappa shape index (κ1) is 25.4. The van der Waals surface area contributed by atoms with Gasteiger partial charge in [-0.25, -0.2) is 8.42 Å². The Labute approximate surface area is 212 Å². The summed E-state index contributed by atoms with van der Waals surface area (Å²) in [4.78, 5) is -0.155. The summed E-state index contributed by atoms with van der Waals surface area (Å²) in [5.74, 6) is 0.625. The zero-order valence-electron chi connectivity index (χ0n) is 19.8. The van der Waals surface area contributed by atoms with Crippen molar-refractivity contribution >= 4 is 38.8 Å². The normalized spacial score (nSPS) is 11.4. The Bertz CT molecular complexity index is 1460. The molecule has 0 bridgehead atoms. The van der Waals surface area contributed by atoms with Crippen molar-refractivity contribution < 1.29 is 27.2 Å². The van der Waals surface area contributed by atoms with E-state index in [9.17, 15) is 8.42 Å². The van der Waals surface area contributed by atoms with Gasteiger partial charge in [-0.3, -0.25) is 14.1 Å². The lowest BCUT2D eigenvalue weighted by Crippen LogP contribution is -2.15. The summed E-state index contributed by atoms with van der Waals surface area (Å²) in [5, 5.41) is 10.6. The summed E-state index contributed by atoms with van der Waals surface area (Å²) < 4.78 is 55.5. The van der Waals surface area contributed by atoms with Crippen LogP contribution in [0.2, 0.25) is 0 Å². The Kier molecular flexibility index (Phi) is 7.72. The van der Waals surface area contributed by atoms with Gasteiger partial charge in [0.1, 0.15) is 22.6 Å². The zero-order valence-corrected chi connectivity index (χ0v) is 21.5. The number of anilines is 1. The molecule has 0 spiro atoms. The topological polar surface area (TPSA) is 130 Å². The molecule has 0 radical (unpaired) electrons. The minimum absolute atomic E-state index is 0.0199. The number of aromatic nitrogens is 3. The fraction of sp³-hybridized carbons (Fsp3) is 0.217. The minimum Gasteiger partial charge on any atom is -0.496 e. The van der Waals surface area contributed by atoms with Crippen LogP contribution in [0.15, 0.2) is 64.0 Å². The van der Waals surface area contributed by atoms with Crippen molar-refractivity contribution in [3.05, 3.63) is 65.8 Å². The summed E-state index contributed by atoms with van der Waals surface area (Å²) in [5.41, 5.74) is 2.06. The number of methoxy groups -OCH3 is 3. The molecule has 2 N–H and O–H groups in total. The third-order valence-electron chi connectivity index (χ3n) is 5.16. The van der Waals surface area contributed by atoms with Crippen LogP contribution in [0.4, 0.5) is 5.82 Å². The van der Waals surface area contributed by atoms with E-state index in [2.05, 4.69) is 26.3 Å². The highest BCUT2D eigenvalue weighted by molar-refractivity contribution is 8.00. The maximum absolute atomic E-state index is 13.3. The van der Waals surface area contributed by atoms with E-state index in [0.717, 1.165) is 11.3 Å². The Hall–Kier alpha value is -3.68. The van der Waals surface area contributed by atoms with Gasteiger partial charge in [0, 0.05) is 6.20 Å².